The summed E-state index contributed by atoms with van der Waals surface area (Å²) in [4.78, 5) is 57.5. The first-order valence-corrected chi connectivity index (χ1v) is 9.93. The summed E-state index contributed by atoms with van der Waals surface area (Å²) in [7, 11) is 0. The Labute approximate surface area is 197 Å². The highest BCUT2D eigenvalue weighted by Crippen LogP contribution is 2.15. The zero-order chi connectivity index (χ0) is 25.2. The topological polar surface area (TPSA) is 185 Å². The Kier molecular flexibility index (Phi) is 8.00. The predicted octanol–water partition coefficient (Wildman–Crippen LogP) is 1.53. The van der Waals surface area contributed by atoms with Crippen molar-refractivity contribution in [3.8, 4) is 0 Å². The van der Waals surface area contributed by atoms with Crippen molar-refractivity contribution in [1.82, 2.24) is 10.7 Å². The quantitative estimate of drug-likeness (QED) is 0.172. The third-order valence-corrected chi connectivity index (χ3v) is 4.24. The number of nitrogens with zero attached hydrogens (tertiary/aromatic N) is 2. The van der Waals surface area contributed by atoms with Gasteiger partial charge in [-0.2, -0.15) is 5.10 Å². The van der Waals surface area contributed by atoms with Crippen LogP contribution >= 0.6 is 0 Å². The van der Waals surface area contributed by atoms with Crippen molar-refractivity contribution in [2.45, 2.75) is 6.54 Å². The number of hydrogen-bond acceptors (Lipinski definition) is 8. The average molecular weight is 478 g/mol. The van der Waals surface area contributed by atoms with Crippen LogP contribution in [-0.4, -0.2) is 34.8 Å². The standard InChI is InChI=1S/C22H18N6O7/c29-19(20(30)25-14-4-2-1-3-5-14)23-12-17-10-11-18(35-17)13-24-27-22(32)21(31)26-15-6-8-16(9-7-15)28(33)34/h1-11,13H,12H2,(H,23,29)(H,25,30)(H,26,31)(H,27,32)/b24-13+. The molecule has 13 nitrogen and oxygen atoms in total. The van der Waals surface area contributed by atoms with Crippen LogP contribution in [0.15, 0.2) is 76.2 Å². The highest BCUT2D eigenvalue weighted by atomic mass is 16.6. The molecule has 1 aromatic heterocycles. The number of anilines is 2. The Balaban J connectivity index is 1.42. The Morgan fingerprint density at radius 3 is 2.11 bits per heavy atom. The van der Waals surface area contributed by atoms with E-state index in [1.165, 1.54) is 36.4 Å². The normalized spacial score (nSPS) is 10.4. The van der Waals surface area contributed by atoms with Crippen LogP contribution in [0.2, 0.25) is 0 Å². The SMILES string of the molecule is O=C(NCc1ccc(/C=N/NC(=O)C(=O)Nc2ccc([N+](=O)[O-])cc2)o1)C(=O)Nc1ccccc1. The van der Waals surface area contributed by atoms with Crippen LogP contribution in [0.3, 0.4) is 0 Å². The second kappa shape index (κ2) is 11.5. The van der Waals surface area contributed by atoms with E-state index >= 15 is 0 Å². The van der Waals surface area contributed by atoms with E-state index in [2.05, 4.69) is 21.1 Å². The number of nitrogens with one attached hydrogen (secondary N) is 4. The molecule has 13 heteroatoms. The first-order chi connectivity index (χ1) is 16.8. The summed E-state index contributed by atoms with van der Waals surface area (Å²) in [6, 6.07) is 16.4. The van der Waals surface area contributed by atoms with Crippen LogP contribution in [0.25, 0.3) is 0 Å². The molecule has 35 heavy (non-hydrogen) atoms. The Morgan fingerprint density at radius 1 is 0.829 bits per heavy atom. The second-order valence-corrected chi connectivity index (χ2v) is 6.76. The molecule has 0 saturated carbocycles. The molecule has 0 bridgehead atoms. The molecule has 178 valence electrons. The van der Waals surface area contributed by atoms with Gasteiger partial charge in [0.2, 0.25) is 0 Å². The number of hydrazone groups is 1. The molecule has 3 aromatic rings. The van der Waals surface area contributed by atoms with Crippen molar-refractivity contribution in [2.24, 2.45) is 5.10 Å². The number of carbonyl (C=O) groups excluding carboxylic acids is 4. The number of non-ortho nitro benzene ring substituents is 1. The molecule has 2 aromatic carbocycles. The lowest BCUT2D eigenvalue weighted by atomic mass is 10.3. The third-order valence-electron chi connectivity index (χ3n) is 4.24. The van der Waals surface area contributed by atoms with Crippen LogP contribution < -0.4 is 21.4 Å². The number of nitro groups is 1. The van der Waals surface area contributed by atoms with E-state index in [0.29, 0.717) is 11.4 Å². The fraction of sp³-hybridized carbons (Fsp3) is 0.0455. The minimum atomic E-state index is -1.08. The number of amides is 4. The summed E-state index contributed by atoms with van der Waals surface area (Å²) < 4.78 is 5.40. The highest BCUT2D eigenvalue weighted by molar-refractivity contribution is 6.40. The summed E-state index contributed by atoms with van der Waals surface area (Å²) in [6.07, 6.45) is 1.13. The van der Waals surface area contributed by atoms with Crippen LogP contribution in [-0.2, 0) is 25.7 Å². The van der Waals surface area contributed by atoms with E-state index in [1.54, 1.807) is 30.3 Å². The lowest BCUT2D eigenvalue weighted by Gasteiger charge is -2.05. The van der Waals surface area contributed by atoms with Gasteiger partial charge in [0.1, 0.15) is 11.5 Å². The molecular weight excluding hydrogens is 460 g/mol. The van der Waals surface area contributed by atoms with E-state index in [9.17, 15) is 29.3 Å². The smallest absolute Gasteiger partial charge is 0.329 e. The monoisotopic (exact) mass is 478 g/mol. The summed E-state index contributed by atoms with van der Waals surface area (Å²) in [5.41, 5.74) is 2.51. The Morgan fingerprint density at radius 2 is 1.46 bits per heavy atom. The van der Waals surface area contributed by atoms with Gasteiger partial charge in [-0.05, 0) is 36.4 Å². The molecule has 0 aliphatic carbocycles. The van der Waals surface area contributed by atoms with E-state index in [-0.39, 0.29) is 23.7 Å². The van der Waals surface area contributed by atoms with Crippen molar-refractivity contribution < 1.29 is 28.5 Å². The molecule has 4 amide bonds. The van der Waals surface area contributed by atoms with Gasteiger partial charge >= 0.3 is 23.6 Å². The Hall–Kier alpha value is -5.33. The lowest BCUT2D eigenvalue weighted by Crippen LogP contribution is -2.34. The van der Waals surface area contributed by atoms with Gasteiger partial charge in [0, 0.05) is 23.5 Å². The molecule has 0 atom stereocenters. The number of benzene rings is 2. The average Bonchev–Trinajstić information content (AvgIpc) is 3.31. The van der Waals surface area contributed by atoms with Crippen molar-refractivity contribution in [3.05, 3.63) is 88.4 Å². The number of furan rings is 1. The summed E-state index contributed by atoms with van der Waals surface area (Å²) in [6.45, 7) is -0.0706. The Bertz CT molecular complexity index is 1270. The maximum atomic E-state index is 11.9. The molecule has 1 heterocycles. The number of nitro benzene ring substituents is 1. The molecule has 0 aliphatic rings. The molecule has 0 spiro atoms. The van der Waals surface area contributed by atoms with E-state index < -0.39 is 28.6 Å². The first kappa shape index (κ1) is 24.3. The highest BCUT2D eigenvalue weighted by Gasteiger charge is 2.15. The maximum absolute atomic E-state index is 11.9. The molecule has 3 rings (SSSR count). The van der Waals surface area contributed by atoms with Crippen LogP contribution in [0, 0.1) is 10.1 Å². The van der Waals surface area contributed by atoms with Gasteiger partial charge in [0.25, 0.3) is 5.69 Å². The minimum absolute atomic E-state index is 0.0706. The van der Waals surface area contributed by atoms with Gasteiger partial charge < -0.3 is 20.4 Å². The molecule has 0 aliphatic heterocycles. The summed E-state index contributed by atoms with van der Waals surface area (Å²) >= 11 is 0. The fourth-order valence-corrected chi connectivity index (χ4v) is 2.58. The van der Waals surface area contributed by atoms with Crippen LogP contribution in [0.5, 0.6) is 0 Å². The number of rotatable bonds is 7. The third kappa shape index (κ3) is 7.35. The zero-order valence-corrected chi connectivity index (χ0v) is 17.9. The van der Waals surface area contributed by atoms with Crippen molar-refractivity contribution in [2.75, 3.05) is 10.6 Å². The molecule has 0 radical (unpaired) electrons. The largest absolute Gasteiger partial charge is 0.458 e. The number of hydrogen-bond donors (Lipinski definition) is 4. The van der Waals surface area contributed by atoms with Crippen LogP contribution in [0.1, 0.15) is 11.5 Å². The van der Waals surface area contributed by atoms with Gasteiger partial charge in [-0.15, -0.1) is 0 Å². The van der Waals surface area contributed by atoms with Gasteiger partial charge in [0.15, 0.2) is 0 Å². The maximum Gasteiger partial charge on any atom is 0.329 e. The van der Waals surface area contributed by atoms with Gasteiger partial charge in [-0.3, -0.25) is 29.3 Å². The van der Waals surface area contributed by atoms with Crippen molar-refractivity contribution >= 4 is 46.9 Å². The van der Waals surface area contributed by atoms with E-state index in [1.807, 2.05) is 5.43 Å². The molecule has 0 saturated heterocycles. The van der Waals surface area contributed by atoms with Gasteiger partial charge in [-0.25, -0.2) is 5.43 Å². The second-order valence-electron chi connectivity index (χ2n) is 6.76. The predicted molar refractivity (Wildman–Crippen MR) is 123 cm³/mol. The van der Waals surface area contributed by atoms with Crippen LogP contribution in [0.4, 0.5) is 17.1 Å². The van der Waals surface area contributed by atoms with E-state index in [4.69, 9.17) is 4.42 Å². The van der Waals surface area contributed by atoms with Crippen molar-refractivity contribution in [3.63, 3.8) is 0 Å². The molecule has 4 N–H and O–H groups in total. The summed E-state index contributed by atoms with van der Waals surface area (Å²) in [5, 5.41) is 21.4. The number of carbonyl (C=O) groups is 4. The molecule has 0 unspecified atom stereocenters. The fourth-order valence-electron chi connectivity index (χ4n) is 2.58. The van der Waals surface area contributed by atoms with Gasteiger partial charge in [0.05, 0.1) is 17.7 Å². The summed E-state index contributed by atoms with van der Waals surface area (Å²) in [5.74, 6) is -3.28. The lowest BCUT2D eigenvalue weighted by molar-refractivity contribution is -0.384. The first-order valence-electron chi connectivity index (χ1n) is 9.93. The van der Waals surface area contributed by atoms with Crippen molar-refractivity contribution in [1.29, 1.82) is 0 Å². The zero-order valence-electron chi connectivity index (χ0n) is 17.9. The van der Waals surface area contributed by atoms with Gasteiger partial charge in [-0.1, -0.05) is 18.2 Å². The molecular formula is C22H18N6O7. The number of para-hydroxylation sites is 1. The van der Waals surface area contributed by atoms with E-state index in [0.717, 1.165) is 6.21 Å². The minimum Gasteiger partial charge on any atom is -0.458 e. The molecule has 0 fully saturated rings.